The van der Waals surface area contributed by atoms with Gasteiger partial charge >= 0.3 is 5.92 Å². The van der Waals surface area contributed by atoms with Gasteiger partial charge in [0.05, 0.1) is 5.52 Å². The topological polar surface area (TPSA) is 69.6 Å². The first-order chi connectivity index (χ1) is 9.50. The number of pyridine rings is 1. The van der Waals surface area contributed by atoms with Crippen molar-refractivity contribution in [1.82, 2.24) is 19.4 Å². The monoisotopic (exact) mass is 293 g/mol. The highest BCUT2D eigenvalue weighted by atomic mass is 32.1. The van der Waals surface area contributed by atoms with Crippen molar-refractivity contribution in [2.24, 2.45) is 0 Å². The van der Waals surface area contributed by atoms with Gasteiger partial charge in [-0.15, -0.1) is 5.10 Å². The largest absolute Gasteiger partial charge is 0.381 e. The van der Waals surface area contributed by atoms with Crippen LogP contribution in [-0.2, 0) is 5.92 Å². The summed E-state index contributed by atoms with van der Waals surface area (Å²) in [6.45, 7) is 0. The number of nitrogens with zero attached hydrogens (tertiary/aromatic N) is 4. The number of anilines is 1. The number of halogens is 2. The van der Waals surface area contributed by atoms with Crippen LogP contribution in [0.1, 0.15) is 11.3 Å². The summed E-state index contributed by atoms with van der Waals surface area (Å²) >= 11 is 3.80. The van der Waals surface area contributed by atoms with E-state index in [1.807, 2.05) is 0 Å². The molecule has 0 amide bonds. The van der Waals surface area contributed by atoms with Gasteiger partial charge in [0.25, 0.3) is 0 Å². The van der Waals surface area contributed by atoms with E-state index in [4.69, 9.17) is 5.73 Å². The highest BCUT2D eigenvalue weighted by Gasteiger charge is 2.40. The summed E-state index contributed by atoms with van der Waals surface area (Å²) < 4.78 is 29.7. The molecule has 102 valence electrons. The lowest BCUT2D eigenvalue weighted by molar-refractivity contribution is 0.0389. The van der Waals surface area contributed by atoms with Crippen LogP contribution in [0.15, 0.2) is 36.5 Å². The molecule has 0 aliphatic heterocycles. The van der Waals surface area contributed by atoms with Crippen LogP contribution in [0, 0.1) is 0 Å². The lowest BCUT2D eigenvalue weighted by atomic mass is 10.0. The van der Waals surface area contributed by atoms with E-state index in [0.29, 0.717) is 10.9 Å². The van der Waals surface area contributed by atoms with Gasteiger partial charge in [0, 0.05) is 17.1 Å². The molecule has 0 saturated heterocycles. The molecule has 2 N–H and O–H groups in total. The van der Waals surface area contributed by atoms with Crippen LogP contribution in [-0.4, -0.2) is 19.4 Å². The van der Waals surface area contributed by atoms with Gasteiger partial charge < -0.3 is 5.73 Å². The van der Waals surface area contributed by atoms with Crippen LogP contribution in [0.3, 0.4) is 0 Å². The summed E-state index contributed by atoms with van der Waals surface area (Å²) in [5.74, 6) is -3.64. The fourth-order valence-electron chi connectivity index (χ4n) is 1.91. The SMILES string of the molecule is Nc1c(C(F)(F)c2ccc3ncccc3c2)nnn1S. The maximum Gasteiger partial charge on any atom is 0.320 e. The van der Waals surface area contributed by atoms with E-state index in [1.165, 1.54) is 18.2 Å². The van der Waals surface area contributed by atoms with Crippen molar-refractivity contribution in [2.75, 3.05) is 5.73 Å². The molecule has 0 aliphatic carbocycles. The molecular weight excluding hydrogens is 284 g/mol. The van der Waals surface area contributed by atoms with Crippen molar-refractivity contribution in [3.63, 3.8) is 0 Å². The summed E-state index contributed by atoms with van der Waals surface area (Å²) in [6.07, 6.45) is 1.60. The third-order valence-corrected chi connectivity index (χ3v) is 3.25. The smallest absolute Gasteiger partial charge is 0.320 e. The Labute approximate surface area is 118 Å². The highest BCUT2D eigenvalue weighted by Crippen LogP contribution is 2.38. The number of hydrogen-bond donors (Lipinski definition) is 2. The Morgan fingerprint density at radius 2 is 2.05 bits per heavy atom. The quantitative estimate of drug-likeness (QED) is 0.711. The Morgan fingerprint density at radius 1 is 1.25 bits per heavy atom. The Morgan fingerprint density at radius 3 is 2.75 bits per heavy atom. The predicted octanol–water partition coefficient (Wildman–Crippen LogP) is 2.24. The number of thiol groups is 1. The van der Waals surface area contributed by atoms with Crippen molar-refractivity contribution in [2.45, 2.75) is 5.92 Å². The van der Waals surface area contributed by atoms with Gasteiger partial charge in [0.15, 0.2) is 11.5 Å². The standard InChI is InChI=1S/C12H9F2N5S/c13-12(14,10-11(15)19(20)18-17-10)8-3-4-9-7(6-8)2-1-5-16-9/h1-6,20H,15H2. The first kappa shape index (κ1) is 12.8. The lowest BCUT2D eigenvalue weighted by Gasteiger charge is -2.15. The number of aromatic nitrogens is 4. The van der Waals surface area contributed by atoms with E-state index in [2.05, 4.69) is 28.1 Å². The van der Waals surface area contributed by atoms with Crippen LogP contribution in [0.2, 0.25) is 0 Å². The van der Waals surface area contributed by atoms with Crippen molar-refractivity contribution in [3.8, 4) is 0 Å². The third-order valence-electron chi connectivity index (χ3n) is 2.95. The van der Waals surface area contributed by atoms with E-state index in [9.17, 15) is 8.78 Å². The second kappa shape index (κ2) is 4.41. The van der Waals surface area contributed by atoms with Crippen molar-refractivity contribution in [3.05, 3.63) is 47.8 Å². The molecule has 5 nitrogen and oxygen atoms in total. The fourth-order valence-corrected chi connectivity index (χ4v) is 2.05. The normalized spacial score (nSPS) is 11.9. The molecule has 0 fully saturated rings. The van der Waals surface area contributed by atoms with E-state index < -0.39 is 11.6 Å². The van der Waals surface area contributed by atoms with Gasteiger partial charge in [-0.1, -0.05) is 17.3 Å². The van der Waals surface area contributed by atoms with Crippen molar-refractivity contribution in [1.29, 1.82) is 0 Å². The second-order valence-electron chi connectivity index (χ2n) is 4.20. The molecule has 20 heavy (non-hydrogen) atoms. The van der Waals surface area contributed by atoms with Crippen molar-refractivity contribution < 1.29 is 8.78 Å². The molecule has 0 spiro atoms. The Balaban J connectivity index is 2.15. The predicted molar refractivity (Wildman–Crippen MR) is 73.6 cm³/mol. The minimum Gasteiger partial charge on any atom is -0.381 e. The molecule has 2 aromatic heterocycles. The number of nitrogens with two attached hydrogens (primary N) is 1. The summed E-state index contributed by atoms with van der Waals surface area (Å²) in [4.78, 5) is 4.08. The van der Waals surface area contributed by atoms with Crippen molar-refractivity contribution >= 4 is 29.5 Å². The van der Waals surface area contributed by atoms with Gasteiger partial charge in [-0.3, -0.25) is 4.98 Å². The van der Waals surface area contributed by atoms with E-state index in [-0.39, 0.29) is 11.4 Å². The molecule has 0 bridgehead atoms. The maximum absolute atomic E-state index is 14.4. The molecule has 0 radical (unpaired) electrons. The Bertz CT molecular complexity index is 786. The molecule has 3 rings (SSSR count). The number of hydrogen-bond acceptors (Lipinski definition) is 5. The number of rotatable bonds is 2. The molecule has 0 unspecified atom stereocenters. The Kier molecular flexibility index (Phi) is 2.82. The zero-order valence-electron chi connectivity index (χ0n) is 10.0. The number of benzene rings is 1. The molecular formula is C12H9F2N5S. The van der Waals surface area contributed by atoms with Crippen LogP contribution in [0.5, 0.6) is 0 Å². The highest BCUT2D eigenvalue weighted by molar-refractivity contribution is 7.78. The first-order valence-corrected chi connectivity index (χ1v) is 6.04. The van der Waals surface area contributed by atoms with Gasteiger partial charge in [-0.25, -0.2) is 0 Å². The van der Waals surface area contributed by atoms with Crippen LogP contribution in [0.25, 0.3) is 10.9 Å². The average Bonchev–Trinajstić information content (AvgIpc) is 2.79. The van der Waals surface area contributed by atoms with Crippen LogP contribution >= 0.6 is 12.8 Å². The molecule has 8 heteroatoms. The summed E-state index contributed by atoms with van der Waals surface area (Å²) in [7, 11) is 0. The minimum atomic E-state index is -3.35. The molecule has 0 saturated carbocycles. The summed E-state index contributed by atoms with van der Waals surface area (Å²) in [5.41, 5.74) is 5.31. The minimum absolute atomic E-state index is 0.224. The van der Waals surface area contributed by atoms with Gasteiger partial charge in [-0.2, -0.15) is 12.9 Å². The van der Waals surface area contributed by atoms with Gasteiger partial charge in [0.1, 0.15) is 0 Å². The second-order valence-corrected chi connectivity index (χ2v) is 4.58. The third kappa shape index (κ3) is 1.88. The summed E-state index contributed by atoms with van der Waals surface area (Å²) in [6, 6.07) is 7.58. The van der Waals surface area contributed by atoms with E-state index in [0.717, 1.165) is 4.09 Å². The molecule has 0 atom stereocenters. The van der Waals surface area contributed by atoms with Crippen LogP contribution in [0.4, 0.5) is 14.6 Å². The van der Waals surface area contributed by atoms with E-state index >= 15 is 0 Å². The van der Waals surface area contributed by atoms with Crippen LogP contribution < -0.4 is 5.73 Å². The van der Waals surface area contributed by atoms with Gasteiger partial charge in [0.2, 0.25) is 0 Å². The molecule has 0 aliphatic rings. The molecule has 2 heterocycles. The lowest BCUT2D eigenvalue weighted by Crippen LogP contribution is -2.18. The number of alkyl halides is 2. The number of fused-ring (bicyclic) bond motifs is 1. The Hall–Kier alpha value is -2.22. The van der Waals surface area contributed by atoms with E-state index in [1.54, 1.807) is 18.3 Å². The molecule has 1 aromatic carbocycles. The van der Waals surface area contributed by atoms with Gasteiger partial charge in [-0.05, 0) is 31.0 Å². The molecule has 3 aromatic rings. The average molecular weight is 293 g/mol. The zero-order valence-corrected chi connectivity index (χ0v) is 10.9. The fraction of sp³-hybridized carbons (Fsp3) is 0.0833. The first-order valence-electron chi connectivity index (χ1n) is 5.64. The number of nitrogen functional groups attached to an aromatic ring is 1. The summed E-state index contributed by atoms with van der Waals surface area (Å²) in [5, 5.41) is 7.39. The maximum atomic E-state index is 14.4. The zero-order chi connectivity index (χ0) is 14.3.